The molecular formula is C23H26ClNO3. The van der Waals surface area contributed by atoms with E-state index in [0.29, 0.717) is 23.1 Å². The molecule has 5 heteroatoms. The van der Waals surface area contributed by atoms with Gasteiger partial charge in [-0.05, 0) is 49.7 Å². The van der Waals surface area contributed by atoms with Gasteiger partial charge in [0, 0.05) is 24.6 Å². The number of rotatable bonds is 8. The molecule has 0 unspecified atom stereocenters. The summed E-state index contributed by atoms with van der Waals surface area (Å²) in [5, 5.41) is 0.529. The van der Waals surface area contributed by atoms with Gasteiger partial charge in [0.15, 0.2) is 23.0 Å². The molecule has 0 bridgehead atoms. The third-order valence-electron chi connectivity index (χ3n) is 4.68. The normalized spacial score (nSPS) is 15.3. The number of hydrogen-bond acceptors (Lipinski definition) is 4. The van der Waals surface area contributed by atoms with Gasteiger partial charge in [0.1, 0.15) is 6.61 Å². The quantitative estimate of drug-likeness (QED) is 0.451. The maximum Gasteiger partial charge on any atom is 0.194 e. The molecule has 0 atom stereocenters. The van der Waals surface area contributed by atoms with E-state index in [0.717, 1.165) is 25.2 Å². The molecule has 2 aromatic rings. The van der Waals surface area contributed by atoms with Gasteiger partial charge in [0.25, 0.3) is 0 Å². The smallest absolute Gasteiger partial charge is 0.194 e. The molecule has 0 N–H and O–H groups in total. The lowest BCUT2D eigenvalue weighted by atomic mass is 10.1. The van der Waals surface area contributed by atoms with Crippen LogP contribution in [0, 0.1) is 0 Å². The van der Waals surface area contributed by atoms with Gasteiger partial charge < -0.3 is 9.47 Å². The molecule has 1 aliphatic heterocycles. The average Bonchev–Trinajstić information content (AvgIpc) is 2.70. The Hall–Kier alpha value is -2.30. The summed E-state index contributed by atoms with van der Waals surface area (Å²) in [4.78, 5) is 14.5. The van der Waals surface area contributed by atoms with E-state index in [4.69, 9.17) is 21.1 Å². The van der Waals surface area contributed by atoms with Crippen LogP contribution in [0.15, 0.2) is 54.3 Å². The van der Waals surface area contributed by atoms with E-state index < -0.39 is 0 Å². The summed E-state index contributed by atoms with van der Waals surface area (Å²) in [6, 6.07) is 14.8. The zero-order valence-electron chi connectivity index (χ0n) is 16.2. The molecule has 1 aliphatic rings. The second kappa shape index (κ2) is 10.3. The monoisotopic (exact) mass is 399 g/mol. The molecule has 0 amide bonds. The highest BCUT2D eigenvalue weighted by atomic mass is 35.5. The standard InChI is InChI=1S/C23H26ClNO3/c1-18(26)22(16-19-8-4-2-5-9-19)28-23-17-20(24)10-11-21(23)27-15-14-25-12-6-3-7-13-25/h2,4-5,8-11,16-17H,3,6-7,12-15H2,1H3/b22-16-. The van der Waals surface area contributed by atoms with Crippen LogP contribution in [0.25, 0.3) is 6.08 Å². The lowest BCUT2D eigenvalue weighted by Crippen LogP contribution is -2.33. The molecule has 3 rings (SSSR count). The van der Waals surface area contributed by atoms with Crippen molar-refractivity contribution in [1.29, 1.82) is 0 Å². The van der Waals surface area contributed by atoms with E-state index in [1.807, 2.05) is 30.3 Å². The lowest BCUT2D eigenvalue weighted by molar-refractivity contribution is -0.115. The number of carbonyl (C=O) groups excluding carboxylic acids is 1. The topological polar surface area (TPSA) is 38.8 Å². The minimum atomic E-state index is -0.164. The van der Waals surface area contributed by atoms with Gasteiger partial charge in [-0.1, -0.05) is 48.4 Å². The molecule has 2 aromatic carbocycles. The molecule has 0 aromatic heterocycles. The van der Waals surface area contributed by atoms with Gasteiger partial charge >= 0.3 is 0 Å². The van der Waals surface area contributed by atoms with Crippen LogP contribution < -0.4 is 9.47 Å². The number of piperidine rings is 1. The number of halogens is 1. The van der Waals surface area contributed by atoms with E-state index in [1.54, 1.807) is 24.3 Å². The Morgan fingerprint density at radius 2 is 1.82 bits per heavy atom. The first kappa shape index (κ1) is 20.4. The number of nitrogens with zero attached hydrogens (tertiary/aromatic N) is 1. The number of ether oxygens (including phenoxy) is 2. The molecular weight excluding hydrogens is 374 g/mol. The fourth-order valence-electron chi connectivity index (χ4n) is 3.17. The molecule has 0 spiro atoms. The summed E-state index contributed by atoms with van der Waals surface area (Å²) in [6.07, 6.45) is 5.54. The van der Waals surface area contributed by atoms with Crippen LogP contribution in [0.1, 0.15) is 31.7 Å². The lowest BCUT2D eigenvalue weighted by Gasteiger charge is -2.26. The first-order chi connectivity index (χ1) is 13.6. The van der Waals surface area contributed by atoms with Crippen molar-refractivity contribution in [1.82, 2.24) is 4.90 Å². The van der Waals surface area contributed by atoms with Crippen molar-refractivity contribution in [3.05, 3.63) is 64.9 Å². The molecule has 148 valence electrons. The number of Topliss-reactive ketones (excluding diaryl/α,β-unsaturated/α-hetero) is 1. The maximum atomic E-state index is 12.1. The number of benzene rings is 2. The fraction of sp³-hybridized carbons (Fsp3) is 0.348. The summed E-state index contributed by atoms with van der Waals surface area (Å²) in [5.41, 5.74) is 0.891. The van der Waals surface area contributed by atoms with Crippen LogP contribution in [-0.4, -0.2) is 36.9 Å². The molecule has 0 radical (unpaired) electrons. The SMILES string of the molecule is CC(=O)/C(=C/c1ccccc1)Oc1cc(Cl)ccc1OCCN1CCCCC1. The van der Waals surface area contributed by atoms with Gasteiger partial charge in [-0.2, -0.15) is 0 Å². The second-order valence-electron chi connectivity index (χ2n) is 6.92. The molecule has 1 saturated heterocycles. The van der Waals surface area contributed by atoms with Gasteiger partial charge in [-0.25, -0.2) is 0 Å². The summed E-state index contributed by atoms with van der Waals surface area (Å²) >= 11 is 6.15. The number of ketones is 1. The molecule has 1 fully saturated rings. The molecule has 0 aliphatic carbocycles. The highest BCUT2D eigenvalue weighted by Crippen LogP contribution is 2.32. The van der Waals surface area contributed by atoms with E-state index in [9.17, 15) is 4.79 Å². The number of hydrogen-bond donors (Lipinski definition) is 0. The first-order valence-corrected chi connectivity index (χ1v) is 10.1. The summed E-state index contributed by atoms with van der Waals surface area (Å²) < 4.78 is 11.9. The second-order valence-corrected chi connectivity index (χ2v) is 7.36. The largest absolute Gasteiger partial charge is 0.488 e. The predicted octanol–water partition coefficient (Wildman–Crippen LogP) is 5.21. The van der Waals surface area contributed by atoms with Gasteiger partial charge in [-0.3, -0.25) is 9.69 Å². The van der Waals surface area contributed by atoms with Crippen molar-refractivity contribution < 1.29 is 14.3 Å². The third-order valence-corrected chi connectivity index (χ3v) is 4.92. The van der Waals surface area contributed by atoms with Gasteiger partial charge in [0.2, 0.25) is 0 Å². The number of allylic oxidation sites excluding steroid dienone is 1. The summed E-state index contributed by atoms with van der Waals surface area (Å²) in [5.74, 6) is 1.11. The van der Waals surface area contributed by atoms with Crippen molar-refractivity contribution in [2.24, 2.45) is 0 Å². The number of likely N-dealkylation sites (tertiary alicyclic amines) is 1. The maximum absolute atomic E-state index is 12.1. The molecule has 1 heterocycles. The summed E-state index contributed by atoms with van der Waals surface area (Å²) in [6.45, 7) is 5.18. The van der Waals surface area contributed by atoms with Gasteiger partial charge in [0.05, 0.1) is 0 Å². The van der Waals surface area contributed by atoms with E-state index in [1.165, 1.54) is 26.2 Å². The van der Waals surface area contributed by atoms with Crippen molar-refractivity contribution >= 4 is 23.5 Å². The first-order valence-electron chi connectivity index (χ1n) is 9.72. The Balaban J connectivity index is 1.71. The van der Waals surface area contributed by atoms with E-state index in [2.05, 4.69) is 4.90 Å². The Morgan fingerprint density at radius 1 is 1.07 bits per heavy atom. The summed E-state index contributed by atoms with van der Waals surface area (Å²) in [7, 11) is 0. The Kier molecular flexibility index (Phi) is 7.52. The van der Waals surface area contributed by atoms with Crippen LogP contribution in [0.3, 0.4) is 0 Å². The van der Waals surface area contributed by atoms with Crippen molar-refractivity contribution in [2.45, 2.75) is 26.2 Å². The average molecular weight is 400 g/mol. The fourth-order valence-corrected chi connectivity index (χ4v) is 3.33. The van der Waals surface area contributed by atoms with Crippen LogP contribution in [0.4, 0.5) is 0 Å². The molecule has 28 heavy (non-hydrogen) atoms. The van der Waals surface area contributed by atoms with E-state index in [-0.39, 0.29) is 11.5 Å². The zero-order valence-corrected chi connectivity index (χ0v) is 17.0. The van der Waals surface area contributed by atoms with Crippen LogP contribution in [0.2, 0.25) is 5.02 Å². The molecule has 0 saturated carbocycles. The zero-order chi connectivity index (χ0) is 19.8. The van der Waals surface area contributed by atoms with Crippen molar-refractivity contribution in [3.8, 4) is 11.5 Å². The van der Waals surface area contributed by atoms with Crippen molar-refractivity contribution in [2.75, 3.05) is 26.2 Å². The molecule has 4 nitrogen and oxygen atoms in total. The minimum Gasteiger partial charge on any atom is -0.488 e. The Bertz CT molecular complexity index is 814. The third kappa shape index (κ3) is 6.11. The Labute approximate surface area is 171 Å². The van der Waals surface area contributed by atoms with Crippen LogP contribution >= 0.6 is 11.6 Å². The highest BCUT2D eigenvalue weighted by molar-refractivity contribution is 6.30. The number of carbonyl (C=O) groups is 1. The minimum absolute atomic E-state index is 0.164. The van der Waals surface area contributed by atoms with E-state index >= 15 is 0 Å². The predicted molar refractivity (Wildman–Crippen MR) is 113 cm³/mol. The van der Waals surface area contributed by atoms with Crippen molar-refractivity contribution in [3.63, 3.8) is 0 Å². The highest BCUT2D eigenvalue weighted by Gasteiger charge is 2.14. The van der Waals surface area contributed by atoms with Crippen LogP contribution in [0.5, 0.6) is 11.5 Å². The van der Waals surface area contributed by atoms with Crippen LogP contribution in [-0.2, 0) is 4.79 Å². The Morgan fingerprint density at radius 3 is 2.54 bits per heavy atom. The van der Waals surface area contributed by atoms with Gasteiger partial charge in [-0.15, -0.1) is 0 Å².